The lowest BCUT2D eigenvalue weighted by molar-refractivity contribution is 0.0944. The molecule has 33 heavy (non-hydrogen) atoms. The van der Waals surface area contributed by atoms with Crippen molar-refractivity contribution in [2.45, 2.75) is 26.4 Å². The van der Waals surface area contributed by atoms with Crippen molar-refractivity contribution >= 4 is 22.6 Å². The first-order valence-corrected chi connectivity index (χ1v) is 10.9. The van der Waals surface area contributed by atoms with E-state index in [0.29, 0.717) is 35.5 Å². The summed E-state index contributed by atoms with van der Waals surface area (Å²) in [6.07, 6.45) is 7.92. The second kappa shape index (κ2) is 8.74. The molecule has 0 aliphatic heterocycles. The van der Waals surface area contributed by atoms with Gasteiger partial charge in [0.25, 0.3) is 11.5 Å². The molecule has 166 valence electrons. The van der Waals surface area contributed by atoms with Crippen LogP contribution in [0.1, 0.15) is 28.0 Å². The molecule has 0 spiro atoms. The average molecular weight is 441 g/mol. The molecule has 8 nitrogen and oxygen atoms in total. The van der Waals surface area contributed by atoms with Crippen LogP contribution in [-0.2, 0) is 13.1 Å². The lowest BCUT2D eigenvalue weighted by Crippen LogP contribution is -2.27. The third-order valence-corrected chi connectivity index (χ3v) is 5.67. The minimum atomic E-state index is -0.223. The van der Waals surface area contributed by atoms with Crippen molar-refractivity contribution in [2.24, 2.45) is 0 Å². The van der Waals surface area contributed by atoms with E-state index in [9.17, 15) is 9.59 Å². The van der Waals surface area contributed by atoms with Gasteiger partial charge in [0, 0.05) is 38.2 Å². The number of fused-ring (bicyclic) bond motifs is 2. The van der Waals surface area contributed by atoms with E-state index in [1.807, 2.05) is 64.7 Å². The number of aryl methyl sites for hydroxylation is 2. The number of nitrogens with one attached hydrogen (secondary N) is 1. The molecular formula is C25H24N6O2. The lowest BCUT2D eigenvalue weighted by atomic mass is 10.2. The number of hydrogen-bond acceptors (Lipinski definition) is 4. The predicted octanol–water partition coefficient (Wildman–Crippen LogP) is 3.02. The van der Waals surface area contributed by atoms with Crippen molar-refractivity contribution in [3.63, 3.8) is 0 Å². The smallest absolute Gasteiger partial charge is 0.268 e. The summed E-state index contributed by atoms with van der Waals surface area (Å²) >= 11 is 0. The topological polar surface area (TPSA) is 86.2 Å². The Morgan fingerprint density at radius 1 is 1.12 bits per heavy atom. The molecule has 8 heteroatoms. The van der Waals surface area contributed by atoms with Crippen molar-refractivity contribution in [3.05, 3.63) is 101 Å². The third-order valence-electron chi connectivity index (χ3n) is 5.67. The number of carbonyl (C=O) groups is 1. The Bertz CT molecular complexity index is 1480. The number of aromatic nitrogens is 5. The number of rotatable bonds is 7. The SMILES string of the molecule is Cc1ccc2nc3c(cc(C(=O)NCCCn4ccnc4)n3Cc3ccccc3)c(=O)n2c1. The lowest BCUT2D eigenvalue weighted by Gasteiger charge is -2.11. The van der Waals surface area contributed by atoms with Crippen LogP contribution in [0, 0.1) is 6.92 Å². The van der Waals surface area contributed by atoms with Crippen LogP contribution in [0.3, 0.4) is 0 Å². The van der Waals surface area contributed by atoms with Crippen LogP contribution in [0.15, 0.2) is 78.2 Å². The van der Waals surface area contributed by atoms with Gasteiger partial charge >= 0.3 is 0 Å². The van der Waals surface area contributed by atoms with Crippen molar-refractivity contribution < 1.29 is 4.79 Å². The molecule has 0 bridgehead atoms. The van der Waals surface area contributed by atoms with Gasteiger partial charge in [0.05, 0.1) is 11.7 Å². The summed E-state index contributed by atoms with van der Waals surface area (Å²) in [7, 11) is 0. The monoisotopic (exact) mass is 440 g/mol. The largest absolute Gasteiger partial charge is 0.351 e. The summed E-state index contributed by atoms with van der Waals surface area (Å²) in [6, 6.07) is 15.3. The van der Waals surface area contributed by atoms with Gasteiger partial charge in [0.2, 0.25) is 0 Å². The Kier molecular flexibility index (Phi) is 5.48. The highest BCUT2D eigenvalue weighted by Gasteiger charge is 2.20. The third kappa shape index (κ3) is 4.15. The molecule has 0 radical (unpaired) electrons. The molecule has 4 heterocycles. The first-order chi connectivity index (χ1) is 16.1. The Balaban J connectivity index is 1.52. The molecule has 1 N–H and O–H groups in total. The molecule has 1 aromatic carbocycles. The highest BCUT2D eigenvalue weighted by atomic mass is 16.2. The van der Waals surface area contributed by atoms with Crippen LogP contribution < -0.4 is 10.9 Å². The average Bonchev–Trinajstić information content (AvgIpc) is 3.47. The molecular weight excluding hydrogens is 416 g/mol. The van der Waals surface area contributed by atoms with E-state index >= 15 is 0 Å². The second-order valence-electron chi connectivity index (χ2n) is 8.10. The van der Waals surface area contributed by atoms with Crippen LogP contribution in [-0.4, -0.2) is 36.0 Å². The molecule has 0 saturated heterocycles. The minimum Gasteiger partial charge on any atom is -0.351 e. The molecule has 0 fully saturated rings. The molecule has 5 rings (SSSR count). The fourth-order valence-electron chi connectivity index (χ4n) is 4.00. The van der Waals surface area contributed by atoms with Crippen LogP contribution in [0.25, 0.3) is 16.7 Å². The Morgan fingerprint density at radius 3 is 2.76 bits per heavy atom. The highest BCUT2D eigenvalue weighted by molar-refractivity contribution is 5.98. The zero-order valence-electron chi connectivity index (χ0n) is 18.3. The van der Waals surface area contributed by atoms with Gasteiger partial charge < -0.3 is 14.5 Å². The number of imidazole rings is 1. The van der Waals surface area contributed by atoms with Crippen LogP contribution in [0.5, 0.6) is 0 Å². The van der Waals surface area contributed by atoms with Gasteiger partial charge in [-0.2, -0.15) is 0 Å². The van der Waals surface area contributed by atoms with E-state index in [4.69, 9.17) is 4.98 Å². The summed E-state index contributed by atoms with van der Waals surface area (Å²) < 4.78 is 5.34. The van der Waals surface area contributed by atoms with Crippen LogP contribution >= 0.6 is 0 Å². The highest BCUT2D eigenvalue weighted by Crippen LogP contribution is 2.19. The van der Waals surface area contributed by atoms with Gasteiger partial charge in [-0.3, -0.25) is 14.0 Å². The van der Waals surface area contributed by atoms with E-state index in [-0.39, 0.29) is 11.5 Å². The molecule has 4 aromatic heterocycles. The summed E-state index contributed by atoms with van der Waals surface area (Å²) in [6.45, 7) is 3.65. The summed E-state index contributed by atoms with van der Waals surface area (Å²) in [5.74, 6) is -0.223. The maximum absolute atomic E-state index is 13.2. The summed E-state index contributed by atoms with van der Waals surface area (Å²) in [5.41, 5.74) is 3.29. The fraction of sp³-hybridized carbons (Fsp3) is 0.200. The molecule has 0 aliphatic rings. The molecule has 0 unspecified atom stereocenters. The van der Waals surface area contributed by atoms with Crippen LogP contribution in [0.2, 0.25) is 0 Å². The molecule has 0 aliphatic carbocycles. The van der Waals surface area contributed by atoms with Crippen LogP contribution in [0.4, 0.5) is 0 Å². The van der Waals surface area contributed by atoms with E-state index < -0.39 is 0 Å². The number of amides is 1. The zero-order valence-corrected chi connectivity index (χ0v) is 18.3. The zero-order chi connectivity index (χ0) is 22.8. The number of benzene rings is 1. The molecule has 5 aromatic rings. The van der Waals surface area contributed by atoms with Gasteiger partial charge in [0.15, 0.2) is 0 Å². The Hall–Kier alpha value is -4.20. The van der Waals surface area contributed by atoms with Gasteiger partial charge in [-0.1, -0.05) is 36.4 Å². The Labute approximate surface area is 190 Å². The quantitative estimate of drug-likeness (QED) is 0.394. The predicted molar refractivity (Wildman–Crippen MR) is 126 cm³/mol. The number of nitrogens with zero attached hydrogens (tertiary/aromatic N) is 5. The maximum Gasteiger partial charge on any atom is 0.268 e. The van der Waals surface area contributed by atoms with Crippen molar-refractivity contribution in [2.75, 3.05) is 6.54 Å². The summed E-state index contributed by atoms with van der Waals surface area (Å²) in [5, 5.41) is 3.42. The second-order valence-corrected chi connectivity index (χ2v) is 8.10. The molecule has 0 atom stereocenters. The van der Waals surface area contributed by atoms with Crippen molar-refractivity contribution in [3.8, 4) is 0 Å². The van der Waals surface area contributed by atoms with E-state index in [1.165, 1.54) is 4.40 Å². The van der Waals surface area contributed by atoms with E-state index in [0.717, 1.165) is 24.1 Å². The van der Waals surface area contributed by atoms with Crippen molar-refractivity contribution in [1.29, 1.82) is 0 Å². The maximum atomic E-state index is 13.2. The van der Waals surface area contributed by atoms with Gasteiger partial charge in [-0.25, -0.2) is 9.97 Å². The van der Waals surface area contributed by atoms with Crippen molar-refractivity contribution in [1.82, 2.24) is 28.8 Å². The van der Waals surface area contributed by atoms with Gasteiger partial charge in [0.1, 0.15) is 17.0 Å². The minimum absolute atomic E-state index is 0.181. The number of hydrogen-bond donors (Lipinski definition) is 1. The summed E-state index contributed by atoms with van der Waals surface area (Å²) in [4.78, 5) is 35.2. The van der Waals surface area contributed by atoms with Gasteiger partial charge in [-0.15, -0.1) is 0 Å². The first kappa shape index (κ1) is 20.7. The molecule has 0 saturated carbocycles. The van der Waals surface area contributed by atoms with E-state index in [2.05, 4.69) is 10.3 Å². The number of carbonyl (C=O) groups excluding carboxylic acids is 1. The van der Waals surface area contributed by atoms with E-state index in [1.54, 1.807) is 24.8 Å². The Morgan fingerprint density at radius 2 is 1.97 bits per heavy atom. The standard InChI is InChI=1S/C25H24N6O2/c1-18-8-9-22-28-23-20(25(33)31(22)15-18)14-21(30(23)16-19-6-3-2-4-7-19)24(32)27-10-5-12-29-13-11-26-17-29/h2-4,6-9,11,13-15,17H,5,10,12,16H2,1H3,(H,27,32). The fourth-order valence-corrected chi connectivity index (χ4v) is 4.00. The van der Waals surface area contributed by atoms with Gasteiger partial charge in [-0.05, 0) is 36.6 Å². The molecule has 1 amide bonds. The first-order valence-electron chi connectivity index (χ1n) is 10.9. The number of pyridine rings is 1. The normalized spacial score (nSPS) is 11.3.